The van der Waals surface area contributed by atoms with E-state index in [4.69, 9.17) is 0 Å². The third kappa shape index (κ3) is 2.94. The van der Waals surface area contributed by atoms with Gasteiger partial charge in [-0.05, 0) is 51.6 Å². The Balaban J connectivity index is 1.55. The topological polar surface area (TPSA) is 47.3 Å². The fourth-order valence-electron chi connectivity index (χ4n) is 4.37. The molecular formula is C17H27N3O. The summed E-state index contributed by atoms with van der Waals surface area (Å²) in [6, 6.07) is 3.01. The molecule has 1 amide bonds. The Hall–Kier alpha value is -1.08. The minimum absolute atomic E-state index is 0.125. The van der Waals surface area contributed by atoms with Crippen LogP contribution in [0.5, 0.6) is 0 Å². The standard InChI is InChI=1S/C17H27N3O/c18-14-17(8-2-3-9-17)16(21)20-12-6-15(7-13-20)19-10-4-1-5-11-19/h15H,1-13H2. The smallest absolute Gasteiger partial charge is 0.243 e. The number of piperidine rings is 2. The molecule has 2 aliphatic heterocycles. The van der Waals surface area contributed by atoms with Crippen molar-refractivity contribution in [3.05, 3.63) is 0 Å². The van der Waals surface area contributed by atoms with E-state index in [-0.39, 0.29) is 5.91 Å². The van der Waals surface area contributed by atoms with Crippen molar-refractivity contribution in [1.29, 1.82) is 5.26 Å². The molecule has 3 rings (SSSR count). The first-order chi connectivity index (χ1) is 10.2. The zero-order chi connectivity index (χ0) is 14.7. The Morgan fingerprint density at radius 3 is 2.14 bits per heavy atom. The highest BCUT2D eigenvalue weighted by Crippen LogP contribution is 2.39. The number of hydrogen-bond acceptors (Lipinski definition) is 3. The van der Waals surface area contributed by atoms with Crippen LogP contribution in [0.1, 0.15) is 57.8 Å². The van der Waals surface area contributed by atoms with Gasteiger partial charge in [0.2, 0.25) is 5.91 Å². The molecule has 0 unspecified atom stereocenters. The minimum atomic E-state index is -0.683. The summed E-state index contributed by atoms with van der Waals surface area (Å²) in [5.41, 5.74) is -0.683. The lowest BCUT2D eigenvalue weighted by Gasteiger charge is -2.41. The first-order valence-corrected chi connectivity index (χ1v) is 8.70. The maximum absolute atomic E-state index is 12.7. The van der Waals surface area contributed by atoms with Gasteiger partial charge in [-0.3, -0.25) is 4.79 Å². The average molecular weight is 289 g/mol. The SMILES string of the molecule is N#CC1(C(=O)N2CCC(N3CCCCC3)CC2)CCCC1. The summed E-state index contributed by atoms with van der Waals surface area (Å²) in [5, 5.41) is 9.47. The summed E-state index contributed by atoms with van der Waals surface area (Å²) in [6.45, 7) is 4.17. The van der Waals surface area contributed by atoms with Crippen molar-refractivity contribution < 1.29 is 4.79 Å². The van der Waals surface area contributed by atoms with Gasteiger partial charge in [0, 0.05) is 19.1 Å². The second-order valence-electron chi connectivity index (χ2n) is 7.02. The molecule has 0 aromatic rings. The van der Waals surface area contributed by atoms with E-state index in [0.29, 0.717) is 6.04 Å². The first kappa shape index (κ1) is 14.8. The molecule has 3 aliphatic rings. The van der Waals surface area contributed by atoms with Gasteiger partial charge in [0.05, 0.1) is 6.07 Å². The monoisotopic (exact) mass is 289 g/mol. The minimum Gasteiger partial charge on any atom is -0.341 e. The van der Waals surface area contributed by atoms with E-state index >= 15 is 0 Å². The molecule has 0 atom stereocenters. The van der Waals surface area contributed by atoms with Gasteiger partial charge < -0.3 is 9.80 Å². The Kier molecular flexibility index (Phi) is 4.49. The highest BCUT2D eigenvalue weighted by molar-refractivity contribution is 5.85. The van der Waals surface area contributed by atoms with Crippen LogP contribution in [0.2, 0.25) is 0 Å². The molecule has 0 N–H and O–H groups in total. The van der Waals surface area contributed by atoms with Crippen molar-refractivity contribution in [1.82, 2.24) is 9.80 Å². The number of amides is 1. The van der Waals surface area contributed by atoms with Crippen LogP contribution in [0, 0.1) is 16.7 Å². The fraction of sp³-hybridized carbons (Fsp3) is 0.882. The number of likely N-dealkylation sites (tertiary alicyclic amines) is 2. The highest BCUT2D eigenvalue weighted by atomic mass is 16.2. The third-order valence-corrected chi connectivity index (χ3v) is 5.74. The Labute approximate surface area is 128 Å². The molecule has 2 heterocycles. The van der Waals surface area contributed by atoms with Crippen LogP contribution in [0.15, 0.2) is 0 Å². The lowest BCUT2D eigenvalue weighted by molar-refractivity contribution is -0.140. The predicted octanol–water partition coefficient (Wildman–Crippen LogP) is 2.55. The van der Waals surface area contributed by atoms with Gasteiger partial charge in [-0.1, -0.05) is 19.3 Å². The zero-order valence-electron chi connectivity index (χ0n) is 13.0. The number of carbonyl (C=O) groups is 1. The van der Waals surface area contributed by atoms with Crippen molar-refractivity contribution in [3.8, 4) is 6.07 Å². The second kappa shape index (κ2) is 6.36. The van der Waals surface area contributed by atoms with Gasteiger partial charge >= 0.3 is 0 Å². The van der Waals surface area contributed by atoms with Crippen molar-refractivity contribution >= 4 is 5.91 Å². The Morgan fingerprint density at radius 2 is 1.57 bits per heavy atom. The zero-order valence-corrected chi connectivity index (χ0v) is 13.0. The normalized spacial score (nSPS) is 27.5. The number of carbonyl (C=O) groups excluding carboxylic acids is 1. The summed E-state index contributed by atoms with van der Waals surface area (Å²) in [7, 11) is 0. The fourth-order valence-corrected chi connectivity index (χ4v) is 4.37. The summed E-state index contributed by atoms with van der Waals surface area (Å²) in [6.07, 6.45) is 9.82. The van der Waals surface area contributed by atoms with E-state index in [1.807, 2.05) is 4.90 Å². The van der Waals surface area contributed by atoms with Gasteiger partial charge in [0.1, 0.15) is 5.41 Å². The average Bonchev–Trinajstić information content (AvgIpc) is 3.05. The number of nitrogens with zero attached hydrogens (tertiary/aromatic N) is 3. The molecule has 0 bridgehead atoms. The van der Waals surface area contributed by atoms with E-state index in [1.165, 1.54) is 32.4 Å². The second-order valence-corrected chi connectivity index (χ2v) is 7.02. The number of rotatable bonds is 2. The lowest BCUT2D eigenvalue weighted by Crippen LogP contribution is -2.51. The van der Waals surface area contributed by atoms with Crippen LogP contribution in [-0.2, 0) is 4.79 Å². The van der Waals surface area contributed by atoms with Crippen LogP contribution in [0.4, 0.5) is 0 Å². The summed E-state index contributed by atoms with van der Waals surface area (Å²) in [4.78, 5) is 17.3. The quantitative estimate of drug-likeness (QED) is 0.785. The summed E-state index contributed by atoms with van der Waals surface area (Å²) in [5.74, 6) is 0.125. The lowest BCUT2D eigenvalue weighted by atomic mass is 9.85. The molecule has 116 valence electrons. The molecular weight excluding hydrogens is 262 g/mol. The van der Waals surface area contributed by atoms with E-state index < -0.39 is 5.41 Å². The molecule has 1 aliphatic carbocycles. The Morgan fingerprint density at radius 1 is 0.952 bits per heavy atom. The Bertz CT molecular complexity index is 408. The van der Waals surface area contributed by atoms with Gasteiger partial charge in [0.15, 0.2) is 0 Å². The maximum Gasteiger partial charge on any atom is 0.243 e. The van der Waals surface area contributed by atoms with Gasteiger partial charge in [-0.15, -0.1) is 0 Å². The molecule has 0 aromatic heterocycles. The van der Waals surface area contributed by atoms with Crippen molar-refractivity contribution in [2.24, 2.45) is 5.41 Å². The summed E-state index contributed by atoms with van der Waals surface area (Å²) >= 11 is 0. The summed E-state index contributed by atoms with van der Waals surface area (Å²) < 4.78 is 0. The molecule has 0 radical (unpaired) electrons. The van der Waals surface area contributed by atoms with Crippen LogP contribution in [0.3, 0.4) is 0 Å². The molecule has 0 aromatic carbocycles. The van der Waals surface area contributed by atoms with Crippen LogP contribution in [0.25, 0.3) is 0 Å². The van der Waals surface area contributed by atoms with Gasteiger partial charge in [-0.2, -0.15) is 5.26 Å². The maximum atomic E-state index is 12.7. The number of hydrogen-bond donors (Lipinski definition) is 0. The van der Waals surface area contributed by atoms with Crippen LogP contribution >= 0.6 is 0 Å². The van der Waals surface area contributed by atoms with E-state index in [0.717, 1.165) is 51.6 Å². The number of nitriles is 1. The van der Waals surface area contributed by atoms with Crippen molar-refractivity contribution in [2.45, 2.75) is 63.8 Å². The van der Waals surface area contributed by atoms with Crippen molar-refractivity contribution in [2.75, 3.05) is 26.2 Å². The molecule has 0 spiro atoms. The third-order valence-electron chi connectivity index (χ3n) is 5.74. The molecule has 4 heteroatoms. The van der Waals surface area contributed by atoms with Crippen molar-refractivity contribution in [3.63, 3.8) is 0 Å². The van der Waals surface area contributed by atoms with Crippen LogP contribution < -0.4 is 0 Å². The molecule has 2 saturated heterocycles. The first-order valence-electron chi connectivity index (χ1n) is 8.70. The largest absolute Gasteiger partial charge is 0.341 e. The predicted molar refractivity (Wildman–Crippen MR) is 81.5 cm³/mol. The molecule has 4 nitrogen and oxygen atoms in total. The van der Waals surface area contributed by atoms with Crippen LogP contribution in [-0.4, -0.2) is 47.9 Å². The molecule has 3 fully saturated rings. The molecule has 21 heavy (non-hydrogen) atoms. The van der Waals surface area contributed by atoms with E-state index in [1.54, 1.807) is 0 Å². The van der Waals surface area contributed by atoms with E-state index in [9.17, 15) is 10.1 Å². The van der Waals surface area contributed by atoms with Gasteiger partial charge in [-0.25, -0.2) is 0 Å². The highest BCUT2D eigenvalue weighted by Gasteiger charge is 2.44. The van der Waals surface area contributed by atoms with Gasteiger partial charge in [0.25, 0.3) is 0 Å². The van der Waals surface area contributed by atoms with E-state index in [2.05, 4.69) is 11.0 Å². The molecule has 1 saturated carbocycles.